The van der Waals surface area contributed by atoms with E-state index < -0.39 is 10.0 Å². The molecule has 3 rings (SSSR count). The fourth-order valence-corrected chi connectivity index (χ4v) is 4.34. The number of nitrogens with zero attached hydrogens (tertiary/aromatic N) is 4. The first-order valence-electron chi connectivity index (χ1n) is 9.94. The minimum atomic E-state index is -3.52. The van der Waals surface area contributed by atoms with E-state index in [1.165, 1.54) is 18.4 Å². The van der Waals surface area contributed by atoms with Gasteiger partial charge in [-0.2, -0.15) is 0 Å². The van der Waals surface area contributed by atoms with Crippen LogP contribution >= 0.6 is 0 Å². The summed E-state index contributed by atoms with van der Waals surface area (Å²) in [7, 11) is 1.47. The lowest BCUT2D eigenvalue weighted by atomic mass is 10.2. The molecular formula is C21H29N5O3S. The van der Waals surface area contributed by atoms with Crippen LogP contribution in [0.2, 0.25) is 0 Å². The van der Waals surface area contributed by atoms with Gasteiger partial charge in [-0.1, -0.05) is 0 Å². The van der Waals surface area contributed by atoms with Crippen molar-refractivity contribution < 1.29 is 13.2 Å². The minimum absolute atomic E-state index is 0.0422. The highest BCUT2D eigenvalue weighted by Crippen LogP contribution is 2.22. The molecule has 30 heavy (non-hydrogen) atoms. The van der Waals surface area contributed by atoms with Crippen molar-refractivity contribution in [3.8, 4) is 0 Å². The molecule has 0 unspecified atom stereocenters. The monoisotopic (exact) mass is 431 g/mol. The van der Waals surface area contributed by atoms with Crippen molar-refractivity contribution >= 4 is 27.0 Å². The highest BCUT2D eigenvalue weighted by Gasteiger charge is 2.19. The molecule has 0 spiro atoms. The Bertz CT molecular complexity index is 1170. The highest BCUT2D eigenvalue weighted by molar-refractivity contribution is 7.89. The summed E-state index contributed by atoms with van der Waals surface area (Å²) in [5, 5.41) is 2.95. The number of benzene rings is 1. The molecule has 162 valence electrons. The van der Waals surface area contributed by atoms with E-state index in [0.717, 1.165) is 22.7 Å². The Morgan fingerprint density at radius 3 is 2.53 bits per heavy atom. The number of carbonyl (C=O) groups is 1. The third kappa shape index (κ3) is 4.27. The first-order valence-corrected chi connectivity index (χ1v) is 11.4. The van der Waals surface area contributed by atoms with Crippen LogP contribution in [-0.2, 0) is 41.4 Å². The maximum absolute atomic E-state index is 12.4. The van der Waals surface area contributed by atoms with Gasteiger partial charge in [-0.15, -0.1) is 0 Å². The van der Waals surface area contributed by atoms with Crippen LogP contribution in [0.1, 0.15) is 30.6 Å². The first kappa shape index (κ1) is 22.0. The Balaban J connectivity index is 1.73. The average molecular weight is 432 g/mol. The van der Waals surface area contributed by atoms with E-state index in [1.807, 2.05) is 37.6 Å². The van der Waals surface area contributed by atoms with Gasteiger partial charge in [0.15, 0.2) is 0 Å². The van der Waals surface area contributed by atoms with Crippen LogP contribution < -0.4 is 5.32 Å². The highest BCUT2D eigenvalue weighted by atomic mass is 32.2. The van der Waals surface area contributed by atoms with Gasteiger partial charge < -0.3 is 14.5 Å². The van der Waals surface area contributed by atoms with Gasteiger partial charge in [0, 0.05) is 51.9 Å². The zero-order valence-electron chi connectivity index (χ0n) is 18.1. The van der Waals surface area contributed by atoms with Gasteiger partial charge in [-0.25, -0.2) is 17.7 Å². The van der Waals surface area contributed by atoms with Crippen LogP contribution in [0.15, 0.2) is 35.2 Å². The van der Waals surface area contributed by atoms with Crippen LogP contribution in [-0.4, -0.2) is 46.8 Å². The molecule has 8 nitrogen and oxygen atoms in total. The van der Waals surface area contributed by atoms with Crippen LogP contribution in [0.5, 0.6) is 0 Å². The number of hydrogen-bond donors (Lipinski definition) is 1. The van der Waals surface area contributed by atoms with Crippen molar-refractivity contribution in [2.24, 2.45) is 7.05 Å². The number of sulfonamides is 1. The lowest BCUT2D eigenvalue weighted by Gasteiger charge is -2.11. The average Bonchev–Trinajstić information content (AvgIpc) is 3.23. The Kier molecular flexibility index (Phi) is 6.33. The van der Waals surface area contributed by atoms with Crippen LogP contribution in [0.25, 0.3) is 11.0 Å². The number of carbonyl (C=O) groups excluding carboxylic acids is 1. The van der Waals surface area contributed by atoms with E-state index in [0.29, 0.717) is 31.4 Å². The first-order chi connectivity index (χ1) is 14.1. The summed E-state index contributed by atoms with van der Waals surface area (Å²) in [5.41, 5.74) is 3.68. The number of amides is 1. The molecule has 0 fully saturated rings. The van der Waals surface area contributed by atoms with Crippen molar-refractivity contribution in [1.29, 1.82) is 0 Å². The normalized spacial score (nSPS) is 12.1. The van der Waals surface area contributed by atoms with Crippen LogP contribution in [0.3, 0.4) is 0 Å². The second-order valence-electron chi connectivity index (χ2n) is 7.51. The van der Waals surface area contributed by atoms with Gasteiger partial charge in [-0.3, -0.25) is 4.79 Å². The van der Waals surface area contributed by atoms with Crippen LogP contribution in [0, 0.1) is 6.92 Å². The minimum Gasteiger partial charge on any atom is -0.351 e. The van der Waals surface area contributed by atoms with Crippen molar-refractivity contribution in [3.05, 3.63) is 47.5 Å². The molecule has 0 aliphatic heterocycles. The van der Waals surface area contributed by atoms with E-state index in [4.69, 9.17) is 0 Å². The maximum atomic E-state index is 12.4. The lowest BCUT2D eigenvalue weighted by molar-refractivity contribution is -0.121. The zero-order valence-corrected chi connectivity index (χ0v) is 19.0. The number of hydrogen-bond acceptors (Lipinski definition) is 4. The van der Waals surface area contributed by atoms with Gasteiger partial charge in [0.05, 0.1) is 22.5 Å². The number of nitrogens with one attached hydrogen (secondary N) is 1. The standard InChI is InChI=1S/C21H29N5O3S/c1-6-26-19-10-9-17(30(28,29)24(3)4)13-18(19)23-20(26)11-12-21(27)22-14-16-8-7-15(2)25(16)5/h7-10,13H,6,11-12,14H2,1-5H3,(H,22,27). The van der Waals surface area contributed by atoms with Crippen molar-refractivity contribution in [2.75, 3.05) is 14.1 Å². The Morgan fingerprint density at radius 2 is 1.93 bits per heavy atom. The molecule has 0 radical (unpaired) electrons. The Morgan fingerprint density at radius 1 is 1.20 bits per heavy atom. The van der Waals surface area contributed by atoms with Crippen molar-refractivity contribution in [2.45, 2.75) is 44.7 Å². The number of rotatable bonds is 8. The van der Waals surface area contributed by atoms with Gasteiger partial charge in [-0.05, 0) is 44.2 Å². The van der Waals surface area contributed by atoms with Crippen molar-refractivity contribution in [3.63, 3.8) is 0 Å². The number of imidazole rings is 1. The number of aryl methyl sites for hydroxylation is 3. The smallest absolute Gasteiger partial charge is 0.242 e. The summed E-state index contributed by atoms with van der Waals surface area (Å²) in [5.74, 6) is 0.733. The largest absolute Gasteiger partial charge is 0.351 e. The molecule has 0 aliphatic carbocycles. The van der Waals surface area contributed by atoms with Gasteiger partial charge >= 0.3 is 0 Å². The fourth-order valence-electron chi connectivity index (χ4n) is 3.42. The predicted molar refractivity (Wildman–Crippen MR) is 117 cm³/mol. The summed E-state index contributed by atoms with van der Waals surface area (Å²) >= 11 is 0. The lowest BCUT2D eigenvalue weighted by Crippen LogP contribution is -2.24. The molecule has 0 aliphatic rings. The molecule has 2 heterocycles. The Hall–Kier alpha value is -2.65. The topological polar surface area (TPSA) is 89.2 Å². The molecule has 3 aromatic rings. The van der Waals surface area contributed by atoms with Gasteiger partial charge in [0.25, 0.3) is 0 Å². The summed E-state index contributed by atoms with van der Waals surface area (Å²) in [4.78, 5) is 17.2. The van der Waals surface area contributed by atoms with Gasteiger partial charge in [0.2, 0.25) is 15.9 Å². The van der Waals surface area contributed by atoms with E-state index >= 15 is 0 Å². The van der Waals surface area contributed by atoms with Crippen molar-refractivity contribution in [1.82, 2.24) is 23.7 Å². The zero-order chi connectivity index (χ0) is 22.1. The summed E-state index contributed by atoms with van der Waals surface area (Å²) in [6, 6.07) is 9.01. The maximum Gasteiger partial charge on any atom is 0.242 e. The second kappa shape index (κ2) is 8.61. The SMILES string of the molecule is CCn1c(CCC(=O)NCc2ccc(C)n2C)nc2cc(S(=O)(=O)N(C)C)ccc21. The molecule has 1 N–H and O–H groups in total. The molecule has 1 aromatic carbocycles. The second-order valence-corrected chi connectivity index (χ2v) is 9.66. The fraction of sp³-hybridized carbons (Fsp3) is 0.429. The van der Waals surface area contributed by atoms with E-state index in [-0.39, 0.29) is 10.8 Å². The third-order valence-electron chi connectivity index (χ3n) is 5.41. The van der Waals surface area contributed by atoms with E-state index in [1.54, 1.807) is 18.2 Å². The summed E-state index contributed by atoms with van der Waals surface area (Å²) in [6.45, 7) is 5.21. The molecule has 2 aromatic heterocycles. The van der Waals surface area contributed by atoms with E-state index in [2.05, 4.69) is 14.9 Å². The predicted octanol–water partition coefficient (Wildman–Crippen LogP) is 2.20. The molecular weight excluding hydrogens is 402 g/mol. The Labute approximate surface area is 177 Å². The molecule has 0 saturated carbocycles. The molecule has 0 atom stereocenters. The molecule has 9 heteroatoms. The molecule has 0 saturated heterocycles. The summed E-state index contributed by atoms with van der Waals surface area (Å²) in [6.07, 6.45) is 0.797. The van der Waals surface area contributed by atoms with E-state index in [9.17, 15) is 13.2 Å². The molecule has 0 bridgehead atoms. The number of fused-ring (bicyclic) bond motifs is 1. The van der Waals surface area contributed by atoms with Gasteiger partial charge in [0.1, 0.15) is 5.82 Å². The number of aromatic nitrogens is 3. The van der Waals surface area contributed by atoms with Crippen LogP contribution in [0.4, 0.5) is 0 Å². The third-order valence-corrected chi connectivity index (χ3v) is 7.22. The summed E-state index contributed by atoms with van der Waals surface area (Å²) < 4.78 is 30.1. The molecule has 1 amide bonds. The quantitative estimate of drug-likeness (QED) is 0.592.